The molecule has 4 rings (SSSR count). The van der Waals surface area contributed by atoms with Crippen molar-refractivity contribution in [2.45, 2.75) is 38.1 Å². The van der Waals surface area contributed by atoms with E-state index in [1.807, 2.05) is 32.0 Å². The summed E-state index contributed by atoms with van der Waals surface area (Å²) in [6.07, 6.45) is 3.66. The minimum absolute atomic E-state index is 0.0891. The summed E-state index contributed by atoms with van der Waals surface area (Å²) in [6, 6.07) is 13.9. The number of sulfone groups is 1. The van der Waals surface area contributed by atoms with Crippen molar-refractivity contribution in [3.63, 3.8) is 0 Å². The van der Waals surface area contributed by atoms with Crippen molar-refractivity contribution in [3.05, 3.63) is 82.6 Å². The lowest BCUT2D eigenvalue weighted by Crippen LogP contribution is -2.30. The third kappa shape index (κ3) is 5.46. The molecule has 0 saturated heterocycles. The summed E-state index contributed by atoms with van der Waals surface area (Å²) in [6.45, 7) is 4.40. The Morgan fingerprint density at radius 2 is 1.74 bits per heavy atom. The van der Waals surface area contributed by atoms with Crippen LogP contribution in [0.4, 0.5) is 5.13 Å². The Morgan fingerprint density at radius 1 is 1.03 bits per heavy atom. The summed E-state index contributed by atoms with van der Waals surface area (Å²) < 4.78 is 26.3. The summed E-state index contributed by atoms with van der Waals surface area (Å²) in [5.74, 6) is -0.293. The fourth-order valence-electron chi connectivity index (χ4n) is 3.57. The number of carbonyl (C=O) groups excluding carboxylic acids is 1. The van der Waals surface area contributed by atoms with E-state index in [0.29, 0.717) is 16.7 Å². The van der Waals surface area contributed by atoms with E-state index in [0.717, 1.165) is 26.9 Å². The topological polar surface area (TPSA) is 80.2 Å². The highest BCUT2D eigenvalue weighted by Crippen LogP contribution is 2.33. The minimum atomic E-state index is -3.50. The van der Waals surface area contributed by atoms with E-state index in [4.69, 9.17) is 16.6 Å². The number of fused-ring (bicyclic) bond motifs is 1. The molecule has 34 heavy (non-hydrogen) atoms. The third-order valence-corrected chi connectivity index (χ3v) is 8.78. The number of nitrogens with zero attached hydrogens (tertiary/aromatic N) is 3. The van der Waals surface area contributed by atoms with Crippen molar-refractivity contribution in [2.24, 2.45) is 0 Å². The van der Waals surface area contributed by atoms with Gasteiger partial charge in [-0.15, -0.1) is 0 Å². The second-order valence-electron chi connectivity index (χ2n) is 8.06. The molecule has 9 heteroatoms. The summed E-state index contributed by atoms with van der Waals surface area (Å²) in [5.41, 5.74) is 4.04. The van der Waals surface area contributed by atoms with Gasteiger partial charge in [0.2, 0.25) is 5.91 Å². The molecule has 0 aliphatic carbocycles. The van der Waals surface area contributed by atoms with Crippen LogP contribution >= 0.6 is 22.9 Å². The maximum absolute atomic E-state index is 13.3. The van der Waals surface area contributed by atoms with Gasteiger partial charge in [0.15, 0.2) is 15.0 Å². The monoisotopic (exact) mass is 513 g/mol. The number of hydrogen-bond donors (Lipinski definition) is 0. The number of amides is 1. The van der Waals surface area contributed by atoms with Crippen LogP contribution in [0.1, 0.15) is 29.5 Å². The molecule has 0 atom stereocenters. The number of halogens is 1. The van der Waals surface area contributed by atoms with Gasteiger partial charge in [0.1, 0.15) is 0 Å². The zero-order valence-corrected chi connectivity index (χ0v) is 21.3. The van der Waals surface area contributed by atoms with Crippen molar-refractivity contribution >= 4 is 54.0 Å². The Kier molecular flexibility index (Phi) is 7.30. The molecule has 1 amide bonds. The second-order valence-corrected chi connectivity index (χ2v) is 11.6. The Balaban J connectivity index is 1.55. The molecule has 0 saturated carbocycles. The van der Waals surface area contributed by atoms with Crippen LogP contribution in [0, 0.1) is 13.8 Å². The molecule has 0 aliphatic heterocycles. The van der Waals surface area contributed by atoms with Crippen LogP contribution in [0.25, 0.3) is 10.2 Å². The molecule has 0 aliphatic rings. The lowest BCUT2D eigenvalue weighted by Gasteiger charge is -2.20. The SMILES string of the molecule is Cc1ccc2sc(N(Cc3ccncc3)C(=O)CCCS(=O)(=O)c3ccc(Cl)cc3)nc2c1C. The van der Waals surface area contributed by atoms with Crippen LogP contribution in [0.15, 0.2) is 65.8 Å². The number of aromatic nitrogens is 2. The van der Waals surface area contributed by atoms with E-state index in [9.17, 15) is 13.2 Å². The maximum atomic E-state index is 13.3. The molecule has 0 fully saturated rings. The Morgan fingerprint density at radius 3 is 2.44 bits per heavy atom. The van der Waals surface area contributed by atoms with Gasteiger partial charge in [-0.2, -0.15) is 0 Å². The molecule has 0 radical (unpaired) electrons. The third-order valence-electron chi connectivity index (χ3n) is 5.67. The number of carbonyl (C=O) groups is 1. The summed E-state index contributed by atoms with van der Waals surface area (Å²) in [5, 5.41) is 1.08. The van der Waals surface area contributed by atoms with Crippen LogP contribution in [0.2, 0.25) is 5.02 Å². The van der Waals surface area contributed by atoms with Gasteiger partial charge in [0.05, 0.1) is 27.4 Å². The quantitative estimate of drug-likeness (QED) is 0.300. The molecule has 0 spiro atoms. The number of thiazole rings is 1. The predicted octanol–water partition coefficient (Wildman–Crippen LogP) is 5.75. The Bertz CT molecular complexity index is 1420. The van der Waals surface area contributed by atoms with Crippen LogP contribution < -0.4 is 4.90 Å². The number of pyridine rings is 1. The predicted molar refractivity (Wildman–Crippen MR) is 137 cm³/mol. The van der Waals surface area contributed by atoms with Gasteiger partial charge in [-0.25, -0.2) is 13.4 Å². The van der Waals surface area contributed by atoms with Crippen molar-refractivity contribution in [2.75, 3.05) is 10.7 Å². The van der Waals surface area contributed by atoms with E-state index in [2.05, 4.69) is 11.1 Å². The molecule has 2 aromatic carbocycles. The molecule has 0 bridgehead atoms. The number of benzene rings is 2. The molecule has 176 valence electrons. The van der Waals surface area contributed by atoms with Gasteiger partial charge < -0.3 is 0 Å². The van der Waals surface area contributed by atoms with Crippen molar-refractivity contribution in [1.29, 1.82) is 0 Å². The van der Waals surface area contributed by atoms with Crippen LogP contribution in [-0.4, -0.2) is 30.0 Å². The first-order valence-corrected chi connectivity index (χ1v) is 13.6. The fraction of sp³-hybridized carbons (Fsp3) is 0.240. The Hall–Kier alpha value is -2.81. The smallest absolute Gasteiger partial charge is 0.229 e. The van der Waals surface area contributed by atoms with Crippen LogP contribution in [0.5, 0.6) is 0 Å². The number of aryl methyl sites for hydroxylation is 2. The first kappa shape index (κ1) is 24.3. The lowest BCUT2D eigenvalue weighted by atomic mass is 10.1. The van der Waals surface area contributed by atoms with E-state index in [1.165, 1.54) is 23.5 Å². The maximum Gasteiger partial charge on any atom is 0.229 e. The van der Waals surface area contributed by atoms with Crippen LogP contribution in [-0.2, 0) is 21.2 Å². The second kappa shape index (κ2) is 10.2. The van der Waals surface area contributed by atoms with Gasteiger partial charge in [-0.05, 0) is 79.4 Å². The average Bonchev–Trinajstić information content (AvgIpc) is 3.25. The first-order chi connectivity index (χ1) is 16.2. The fourth-order valence-corrected chi connectivity index (χ4v) is 6.05. The van der Waals surface area contributed by atoms with E-state index < -0.39 is 9.84 Å². The molecule has 0 N–H and O–H groups in total. The number of hydrogen-bond acceptors (Lipinski definition) is 6. The molecule has 0 unspecified atom stereocenters. The van der Waals surface area contributed by atoms with E-state index >= 15 is 0 Å². The van der Waals surface area contributed by atoms with Crippen molar-refractivity contribution in [1.82, 2.24) is 9.97 Å². The molecule has 6 nitrogen and oxygen atoms in total. The van der Waals surface area contributed by atoms with Gasteiger partial charge in [0, 0.05) is 23.8 Å². The summed E-state index contributed by atoms with van der Waals surface area (Å²) in [7, 11) is -3.50. The van der Waals surface area contributed by atoms with Gasteiger partial charge in [-0.1, -0.05) is 29.0 Å². The normalized spacial score (nSPS) is 11.6. The lowest BCUT2D eigenvalue weighted by molar-refractivity contribution is -0.118. The number of anilines is 1. The number of rotatable bonds is 8. The van der Waals surface area contributed by atoms with Gasteiger partial charge in [0.25, 0.3) is 0 Å². The van der Waals surface area contributed by atoms with Gasteiger partial charge in [-0.3, -0.25) is 14.7 Å². The first-order valence-electron chi connectivity index (χ1n) is 10.8. The highest BCUT2D eigenvalue weighted by molar-refractivity contribution is 7.91. The summed E-state index contributed by atoms with van der Waals surface area (Å²) in [4.78, 5) is 24.0. The summed E-state index contributed by atoms with van der Waals surface area (Å²) >= 11 is 7.32. The zero-order valence-electron chi connectivity index (χ0n) is 18.9. The van der Waals surface area contributed by atoms with E-state index in [1.54, 1.807) is 29.4 Å². The standard InChI is InChI=1S/C25H24ClN3O3S2/c1-17-5-10-22-24(18(17)2)28-25(33-22)29(16-19-11-13-27-14-12-19)23(30)4-3-15-34(31,32)21-8-6-20(26)7-9-21/h5-14H,3-4,15-16H2,1-2H3. The van der Waals surface area contributed by atoms with E-state index in [-0.39, 0.29) is 29.4 Å². The molecule has 2 aromatic heterocycles. The zero-order chi connectivity index (χ0) is 24.3. The Labute approximate surface area is 208 Å². The van der Waals surface area contributed by atoms with Crippen molar-refractivity contribution in [3.8, 4) is 0 Å². The highest BCUT2D eigenvalue weighted by atomic mass is 35.5. The molecular weight excluding hydrogens is 490 g/mol. The minimum Gasteiger partial charge on any atom is -0.284 e. The molecule has 2 heterocycles. The van der Waals surface area contributed by atoms with Crippen LogP contribution in [0.3, 0.4) is 0 Å². The molecule has 4 aromatic rings. The highest BCUT2D eigenvalue weighted by Gasteiger charge is 2.22. The van der Waals surface area contributed by atoms with Crippen molar-refractivity contribution < 1.29 is 13.2 Å². The largest absolute Gasteiger partial charge is 0.284 e. The van der Waals surface area contributed by atoms with Gasteiger partial charge >= 0.3 is 0 Å². The molecular formula is C25H24ClN3O3S2. The average molecular weight is 514 g/mol.